The molecule has 8 heteroatoms. The third-order valence-electron chi connectivity index (χ3n) is 4.58. The lowest BCUT2D eigenvalue weighted by Gasteiger charge is -2.21. The summed E-state index contributed by atoms with van der Waals surface area (Å²) >= 11 is 0. The Kier molecular flexibility index (Phi) is 3.24. The SMILES string of the molecule is NC1CCN(c2cc3c(cc2F)c(=O)c(C(=O)O)cn3N2CC2)C1. The number of hydrogen-bond donors (Lipinski definition) is 2. The van der Waals surface area contributed by atoms with Crippen molar-refractivity contribution in [2.24, 2.45) is 5.73 Å². The van der Waals surface area contributed by atoms with Crippen LogP contribution in [0.3, 0.4) is 0 Å². The Morgan fingerprint density at radius 3 is 2.62 bits per heavy atom. The van der Waals surface area contributed by atoms with Gasteiger partial charge in [-0.05, 0) is 18.6 Å². The van der Waals surface area contributed by atoms with E-state index >= 15 is 0 Å². The van der Waals surface area contributed by atoms with Gasteiger partial charge in [0.05, 0.1) is 29.7 Å². The summed E-state index contributed by atoms with van der Waals surface area (Å²) < 4.78 is 16.2. The maximum absolute atomic E-state index is 14.6. The molecule has 0 bridgehead atoms. The fourth-order valence-electron chi connectivity index (χ4n) is 3.21. The van der Waals surface area contributed by atoms with Gasteiger partial charge in [-0.1, -0.05) is 0 Å². The fourth-order valence-corrected chi connectivity index (χ4v) is 3.21. The highest BCUT2D eigenvalue weighted by molar-refractivity contribution is 5.93. The van der Waals surface area contributed by atoms with Crippen LogP contribution in [0.2, 0.25) is 0 Å². The van der Waals surface area contributed by atoms with E-state index in [1.165, 1.54) is 6.20 Å². The first kappa shape index (κ1) is 14.9. The molecule has 1 atom stereocenters. The first-order chi connectivity index (χ1) is 11.5. The lowest BCUT2D eigenvalue weighted by atomic mass is 10.1. The molecule has 126 valence electrons. The Morgan fingerprint density at radius 1 is 1.29 bits per heavy atom. The number of nitrogens with zero attached hydrogens (tertiary/aromatic N) is 3. The van der Waals surface area contributed by atoms with Crippen LogP contribution in [0.1, 0.15) is 16.8 Å². The van der Waals surface area contributed by atoms with Gasteiger partial charge in [0.15, 0.2) is 0 Å². The number of nitrogens with two attached hydrogens (primary N) is 1. The van der Waals surface area contributed by atoms with Crippen LogP contribution in [0.5, 0.6) is 0 Å². The second-order valence-corrected chi connectivity index (χ2v) is 6.29. The van der Waals surface area contributed by atoms with Crippen LogP contribution >= 0.6 is 0 Å². The molecule has 3 heterocycles. The van der Waals surface area contributed by atoms with E-state index in [1.54, 1.807) is 10.7 Å². The van der Waals surface area contributed by atoms with Gasteiger partial charge in [0.1, 0.15) is 11.4 Å². The molecule has 0 amide bonds. The zero-order valence-corrected chi connectivity index (χ0v) is 12.9. The minimum absolute atomic E-state index is 0.00357. The molecule has 1 aromatic heterocycles. The van der Waals surface area contributed by atoms with Gasteiger partial charge in [-0.2, -0.15) is 0 Å². The zero-order valence-electron chi connectivity index (χ0n) is 12.9. The number of carboxylic acid groups (broad SMARTS) is 1. The van der Waals surface area contributed by atoms with Crippen molar-refractivity contribution in [3.8, 4) is 0 Å². The second-order valence-electron chi connectivity index (χ2n) is 6.29. The number of hydrogen-bond acceptors (Lipinski definition) is 5. The first-order valence-corrected chi connectivity index (χ1v) is 7.83. The minimum Gasteiger partial charge on any atom is -0.477 e. The molecule has 1 unspecified atom stereocenters. The van der Waals surface area contributed by atoms with Gasteiger partial charge in [0.2, 0.25) is 5.43 Å². The van der Waals surface area contributed by atoms with E-state index in [9.17, 15) is 19.1 Å². The quantitative estimate of drug-likeness (QED) is 0.787. The Bertz CT molecular complexity index is 906. The molecule has 2 saturated heterocycles. The predicted octanol–water partition coefficient (Wildman–Crippen LogP) is 0.328. The van der Waals surface area contributed by atoms with E-state index in [2.05, 4.69) is 0 Å². The third-order valence-corrected chi connectivity index (χ3v) is 4.58. The normalized spacial score (nSPS) is 20.0. The monoisotopic (exact) mass is 332 g/mol. The molecule has 4 rings (SSSR count). The standard InChI is InChI=1S/C16H17FN4O3/c17-12-5-10-13(6-14(12)19-2-1-9(18)7-19)21(20-3-4-20)8-11(15(10)22)16(23)24/h5-6,8-9H,1-4,7,18H2,(H,23,24). The maximum atomic E-state index is 14.6. The van der Waals surface area contributed by atoms with Gasteiger partial charge < -0.3 is 20.7 Å². The van der Waals surface area contributed by atoms with E-state index < -0.39 is 17.2 Å². The number of rotatable bonds is 3. The topological polar surface area (TPSA) is 91.6 Å². The van der Waals surface area contributed by atoms with E-state index in [0.717, 1.165) is 25.6 Å². The number of carbonyl (C=O) groups is 1. The van der Waals surface area contributed by atoms with Crippen molar-refractivity contribution < 1.29 is 14.3 Å². The van der Waals surface area contributed by atoms with Crippen LogP contribution in [-0.2, 0) is 0 Å². The van der Waals surface area contributed by atoms with Crippen molar-refractivity contribution in [2.45, 2.75) is 12.5 Å². The van der Waals surface area contributed by atoms with Crippen molar-refractivity contribution in [3.05, 3.63) is 39.9 Å². The summed E-state index contributed by atoms with van der Waals surface area (Å²) in [4.78, 5) is 25.6. The molecule has 2 aliphatic heterocycles. The van der Waals surface area contributed by atoms with E-state index in [-0.39, 0.29) is 17.0 Å². The lowest BCUT2D eigenvalue weighted by molar-refractivity contribution is 0.0695. The smallest absolute Gasteiger partial charge is 0.341 e. The lowest BCUT2D eigenvalue weighted by Crippen LogP contribution is -2.28. The van der Waals surface area contributed by atoms with Gasteiger partial charge >= 0.3 is 5.97 Å². The van der Waals surface area contributed by atoms with E-state index in [1.807, 2.05) is 9.91 Å². The predicted molar refractivity (Wildman–Crippen MR) is 87.9 cm³/mol. The number of carboxylic acids is 1. The summed E-state index contributed by atoms with van der Waals surface area (Å²) in [5.41, 5.74) is 5.78. The Morgan fingerprint density at radius 2 is 2.04 bits per heavy atom. The largest absolute Gasteiger partial charge is 0.477 e. The highest BCUT2D eigenvalue weighted by atomic mass is 19.1. The van der Waals surface area contributed by atoms with Crippen LogP contribution in [0.25, 0.3) is 10.9 Å². The van der Waals surface area contributed by atoms with Crippen LogP contribution in [0.15, 0.2) is 23.1 Å². The van der Waals surface area contributed by atoms with Crippen LogP contribution in [-0.4, -0.2) is 48.0 Å². The number of benzene rings is 1. The number of pyridine rings is 1. The summed E-state index contributed by atoms with van der Waals surface area (Å²) in [6.45, 7) is 2.74. The summed E-state index contributed by atoms with van der Waals surface area (Å²) in [5, 5.41) is 11.2. The Labute approximate surface area is 136 Å². The molecule has 0 aliphatic carbocycles. The van der Waals surface area contributed by atoms with Crippen LogP contribution < -0.4 is 21.1 Å². The van der Waals surface area contributed by atoms with Gasteiger partial charge in [-0.15, -0.1) is 0 Å². The number of fused-ring (bicyclic) bond motifs is 1. The fraction of sp³-hybridized carbons (Fsp3) is 0.375. The molecule has 1 aromatic carbocycles. The molecule has 2 fully saturated rings. The molecule has 2 aliphatic rings. The van der Waals surface area contributed by atoms with E-state index in [0.29, 0.717) is 24.3 Å². The molecule has 0 saturated carbocycles. The zero-order chi connectivity index (χ0) is 17.0. The number of halogens is 1. The highest BCUT2D eigenvalue weighted by Gasteiger charge is 2.26. The summed E-state index contributed by atoms with van der Waals surface area (Å²) in [5.74, 6) is -1.85. The molecular weight excluding hydrogens is 315 g/mol. The van der Waals surface area contributed by atoms with Crippen molar-refractivity contribution in [1.82, 2.24) is 4.68 Å². The average Bonchev–Trinajstić information content (AvgIpc) is 3.28. The second kappa shape index (κ2) is 5.20. The van der Waals surface area contributed by atoms with Gasteiger partial charge in [-0.3, -0.25) is 9.47 Å². The first-order valence-electron chi connectivity index (χ1n) is 7.83. The summed E-state index contributed by atoms with van der Waals surface area (Å²) in [7, 11) is 0. The number of aromatic nitrogens is 1. The molecular formula is C16H17FN4O3. The molecule has 2 aromatic rings. The molecule has 0 spiro atoms. The average molecular weight is 332 g/mol. The van der Waals surface area contributed by atoms with Crippen molar-refractivity contribution in [3.63, 3.8) is 0 Å². The number of anilines is 1. The third kappa shape index (κ3) is 2.30. The Balaban J connectivity index is 1.95. The maximum Gasteiger partial charge on any atom is 0.341 e. The van der Waals surface area contributed by atoms with Gasteiger partial charge in [0.25, 0.3) is 0 Å². The number of aromatic carboxylic acids is 1. The molecule has 7 nitrogen and oxygen atoms in total. The Hall–Kier alpha value is -2.61. The molecule has 24 heavy (non-hydrogen) atoms. The highest BCUT2D eigenvalue weighted by Crippen LogP contribution is 2.28. The van der Waals surface area contributed by atoms with Crippen molar-refractivity contribution in [1.29, 1.82) is 0 Å². The van der Waals surface area contributed by atoms with Crippen molar-refractivity contribution >= 4 is 22.6 Å². The summed E-state index contributed by atoms with van der Waals surface area (Å²) in [6.07, 6.45) is 2.10. The van der Waals surface area contributed by atoms with Gasteiger partial charge in [0, 0.05) is 25.3 Å². The summed E-state index contributed by atoms with van der Waals surface area (Å²) in [6, 6.07) is 2.76. The van der Waals surface area contributed by atoms with Crippen molar-refractivity contribution in [2.75, 3.05) is 36.1 Å². The molecule has 3 N–H and O–H groups in total. The van der Waals surface area contributed by atoms with Crippen LogP contribution in [0, 0.1) is 5.82 Å². The molecule has 0 radical (unpaired) electrons. The minimum atomic E-state index is -1.31. The van der Waals surface area contributed by atoms with Gasteiger partial charge in [-0.25, -0.2) is 9.18 Å². The van der Waals surface area contributed by atoms with E-state index in [4.69, 9.17) is 5.73 Å². The van der Waals surface area contributed by atoms with Crippen LogP contribution in [0.4, 0.5) is 10.1 Å².